The molecule has 4 rings (SSSR count). The molecule has 2 aromatic carbocycles. The summed E-state index contributed by atoms with van der Waals surface area (Å²) in [5.41, 5.74) is 4.24. The average molecular weight is 430 g/mol. The van der Waals surface area contributed by atoms with Crippen LogP contribution in [0.2, 0.25) is 0 Å². The molecular weight excluding hydrogens is 402 g/mol. The molecule has 2 heterocycles. The molecule has 1 N–H and O–H groups in total. The Balaban J connectivity index is 1.65. The van der Waals surface area contributed by atoms with E-state index in [1.54, 1.807) is 20.4 Å². The van der Waals surface area contributed by atoms with Gasteiger partial charge >= 0.3 is 0 Å². The summed E-state index contributed by atoms with van der Waals surface area (Å²) in [5, 5.41) is 3.41. The van der Waals surface area contributed by atoms with E-state index < -0.39 is 0 Å². The number of hydrogen-bond acceptors (Lipinski definition) is 6. The van der Waals surface area contributed by atoms with Gasteiger partial charge in [-0.1, -0.05) is 30.3 Å². The Morgan fingerprint density at radius 2 is 1.91 bits per heavy atom. The first-order chi connectivity index (χ1) is 15.5. The highest BCUT2D eigenvalue weighted by Crippen LogP contribution is 2.30. The lowest BCUT2D eigenvalue weighted by molar-refractivity contribution is 0.101. The smallest absolute Gasteiger partial charge is 0.166 e. The van der Waals surface area contributed by atoms with Gasteiger partial charge in [0, 0.05) is 23.7 Å². The van der Waals surface area contributed by atoms with Crippen LogP contribution in [0.15, 0.2) is 54.9 Å². The van der Waals surface area contributed by atoms with Gasteiger partial charge in [0.25, 0.3) is 0 Å². The Kier molecular flexibility index (Phi) is 6.16. The van der Waals surface area contributed by atoms with Crippen molar-refractivity contribution >= 4 is 22.8 Å². The van der Waals surface area contributed by atoms with E-state index in [2.05, 4.69) is 45.8 Å². The molecule has 4 aromatic rings. The number of aromatic nitrogens is 4. The molecule has 7 heteroatoms. The molecule has 0 bridgehead atoms. The van der Waals surface area contributed by atoms with E-state index in [4.69, 9.17) is 9.72 Å². The van der Waals surface area contributed by atoms with E-state index in [0.29, 0.717) is 17.9 Å². The van der Waals surface area contributed by atoms with Gasteiger partial charge in [-0.3, -0.25) is 4.79 Å². The standard InChI is InChI=1S/C25H27N5O2/c1-16(2)30-24(20-7-5-6-19(14-20)17(3)31)29-22-23(27-15-28-25(22)30)26-13-12-18-8-10-21(32-4)11-9-18/h5-11,14-16H,12-13H2,1-4H3,(H,26,27,28). The highest BCUT2D eigenvalue weighted by Gasteiger charge is 2.19. The molecule has 32 heavy (non-hydrogen) atoms. The van der Waals surface area contributed by atoms with Crippen molar-refractivity contribution in [2.24, 2.45) is 0 Å². The molecule has 0 saturated heterocycles. The Morgan fingerprint density at radius 1 is 1.12 bits per heavy atom. The Hall–Kier alpha value is -3.74. The van der Waals surface area contributed by atoms with Gasteiger partial charge in [-0.25, -0.2) is 15.0 Å². The number of benzene rings is 2. The maximum atomic E-state index is 11.9. The average Bonchev–Trinajstić information content (AvgIpc) is 3.20. The second-order valence-corrected chi connectivity index (χ2v) is 7.96. The Morgan fingerprint density at radius 3 is 2.59 bits per heavy atom. The molecule has 2 aromatic heterocycles. The molecule has 0 spiro atoms. The number of methoxy groups -OCH3 is 1. The zero-order valence-electron chi connectivity index (χ0n) is 18.8. The van der Waals surface area contributed by atoms with Crippen LogP contribution in [0, 0.1) is 0 Å². The van der Waals surface area contributed by atoms with Gasteiger partial charge in [0.1, 0.15) is 17.9 Å². The van der Waals surface area contributed by atoms with Crippen LogP contribution >= 0.6 is 0 Å². The lowest BCUT2D eigenvalue weighted by Crippen LogP contribution is -2.08. The van der Waals surface area contributed by atoms with Crippen LogP contribution in [0.1, 0.15) is 42.7 Å². The molecule has 0 fully saturated rings. The Labute approximate surface area is 187 Å². The first-order valence-electron chi connectivity index (χ1n) is 10.7. The van der Waals surface area contributed by atoms with Crippen molar-refractivity contribution < 1.29 is 9.53 Å². The number of anilines is 1. The number of ether oxygens (including phenoxy) is 1. The third-order valence-electron chi connectivity index (χ3n) is 5.39. The molecule has 0 aliphatic rings. The van der Waals surface area contributed by atoms with E-state index in [1.807, 2.05) is 36.4 Å². The van der Waals surface area contributed by atoms with Crippen LogP contribution in [0.5, 0.6) is 5.75 Å². The SMILES string of the molecule is COc1ccc(CCNc2ncnc3c2nc(-c2cccc(C(C)=O)c2)n3C(C)C)cc1. The van der Waals surface area contributed by atoms with Crippen LogP contribution in [0.25, 0.3) is 22.6 Å². The van der Waals surface area contributed by atoms with E-state index in [1.165, 1.54) is 5.56 Å². The maximum absolute atomic E-state index is 11.9. The summed E-state index contributed by atoms with van der Waals surface area (Å²) in [4.78, 5) is 25.7. The zero-order chi connectivity index (χ0) is 22.7. The van der Waals surface area contributed by atoms with Crippen molar-refractivity contribution in [3.8, 4) is 17.1 Å². The van der Waals surface area contributed by atoms with Crippen LogP contribution in [0.4, 0.5) is 5.82 Å². The fourth-order valence-electron chi connectivity index (χ4n) is 3.73. The molecular formula is C25H27N5O2. The molecule has 0 aliphatic carbocycles. The first-order valence-corrected chi connectivity index (χ1v) is 10.7. The highest BCUT2D eigenvalue weighted by atomic mass is 16.5. The summed E-state index contributed by atoms with van der Waals surface area (Å²) in [6.07, 6.45) is 2.41. The van der Waals surface area contributed by atoms with Crippen molar-refractivity contribution in [3.05, 3.63) is 66.0 Å². The number of fused-ring (bicyclic) bond motifs is 1. The number of hydrogen-bond donors (Lipinski definition) is 1. The summed E-state index contributed by atoms with van der Waals surface area (Å²) in [7, 11) is 1.66. The van der Waals surface area contributed by atoms with Gasteiger partial charge in [-0.2, -0.15) is 0 Å². The predicted molar refractivity (Wildman–Crippen MR) is 126 cm³/mol. The van der Waals surface area contributed by atoms with Crippen molar-refractivity contribution in [1.82, 2.24) is 19.5 Å². The second-order valence-electron chi connectivity index (χ2n) is 7.96. The molecule has 7 nitrogen and oxygen atoms in total. The molecule has 0 amide bonds. The van der Waals surface area contributed by atoms with E-state index in [9.17, 15) is 4.79 Å². The summed E-state index contributed by atoms with van der Waals surface area (Å²) < 4.78 is 7.31. The normalized spacial score (nSPS) is 11.2. The topological polar surface area (TPSA) is 81.9 Å². The third kappa shape index (κ3) is 4.32. The minimum absolute atomic E-state index is 0.0275. The number of imidazole rings is 1. The number of ketones is 1. The predicted octanol–water partition coefficient (Wildman–Crippen LogP) is 4.94. The summed E-state index contributed by atoms with van der Waals surface area (Å²) in [6.45, 7) is 6.47. The second kappa shape index (κ2) is 9.18. The van der Waals surface area contributed by atoms with Gasteiger partial charge in [0.2, 0.25) is 0 Å². The van der Waals surface area contributed by atoms with Crippen molar-refractivity contribution in [3.63, 3.8) is 0 Å². The molecule has 0 aliphatic heterocycles. The molecule has 0 radical (unpaired) electrons. The van der Waals surface area contributed by atoms with Gasteiger partial charge in [-0.15, -0.1) is 0 Å². The van der Waals surface area contributed by atoms with Gasteiger partial charge in [0.05, 0.1) is 7.11 Å². The van der Waals surface area contributed by atoms with Gasteiger partial charge in [-0.05, 0) is 51.0 Å². The minimum Gasteiger partial charge on any atom is -0.497 e. The van der Waals surface area contributed by atoms with E-state index >= 15 is 0 Å². The maximum Gasteiger partial charge on any atom is 0.166 e. The van der Waals surface area contributed by atoms with Crippen molar-refractivity contribution in [2.45, 2.75) is 33.2 Å². The third-order valence-corrected chi connectivity index (χ3v) is 5.39. The number of carbonyl (C=O) groups excluding carboxylic acids is 1. The lowest BCUT2D eigenvalue weighted by atomic mass is 10.1. The number of carbonyl (C=O) groups is 1. The minimum atomic E-state index is 0.0275. The fourth-order valence-corrected chi connectivity index (χ4v) is 3.73. The zero-order valence-corrected chi connectivity index (χ0v) is 18.8. The van der Waals surface area contributed by atoms with Crippen LogP contribution < -0.4 is 10.1 Å². The monoisotopic (exact) mass is 429 g/mol. The van der Waals surface area contributed by atoms with Crippen LogP contribution in [0.3, 0.4) is 0 Å². The fraction of sp³-hybridized carbons (Fsp3) is 0.280. The van der Waals surface area contributed by atoms with E-state index in [0.717, 1.165) is 34.7 Å². The van der Waals surface area contributed by atoms with Crippen molar-refractivity contribution in [2.75, 3.05) is 19.0 Å². The summed E-state index contributed by atoms with van der Waals surface area (Å²) >= 11 is 0. The van der Waals surface area contributed by atoms with Crippen LogP contribution in [-0.4, -0.2) is 39.0 Å². The molecule has 0 unspecified atom stereocenters. The molecule has 0 atom stereocenters. The molecule has 0 saturated carbocycles. The largest absolute Gasteiger partial charge is 0.497 e. The van der Waals surface area contributed by atoms with Crippen molar-refractivity contribution in [1.29, 1.82) is 0 Å². The highest BCUT2D eigenvalue weighted by molar-refractivity contribution is 5.95. The Bertz CT molecular complexity index is 1250. The number of rotatable bonds is 8. The lowest BCUT2D eigenvalue weighted by Gasteiger charge is -2.13. The number of Topliss-reactive ketones (excluding diaryl/α,β-unsaturated/α-hetero) is 1. The van der Waals surface area contributed by atoms with E-state index in [-0.39, 0.29) is 11.8 Å². The van der Waals surface area contributed by atoms with Gasteiger partial charge < -0.3 is 14.6 Å². The summed E-state index contributed by atoms with van der Waals surface area (Å²) in [6, 6.07) is 15.7. The van der Waals surface area contributed by atoms with Gasteiger partial charge in [0.15, 0.2) is 22.8 Å². The number of nitrogens with one attached hydrogen (secondary N) is 1. The van der Waals surface area contributed by atoms with Crippen LogP contribution in [-0.2, 0) is 6.42 Å². The number of nitrogens with zero attached hydrogens (tertiary/aromatic N) is 4. The first kappa shape index (κ1) is 21.5. The summed E-state index contributed by atoms with van der Waals surface area (Å²) in [5.74, 6) is 2.35. The molecule has 164 valence electrons. The quantitative estimate of drug-likeness (QED) is 0.400.